The van der Waals surface area contributed by atoms with Gasteiger partial charge in [-0.1, -0.05) is 12.2 Å². The fraction of sp³-hybridized carbons (Fsp3) is 0.273. The van der Waals surface area contributed by atoms with Crippen LogP contribution in [0.1, 0.15) is 12.0 Å². The largest absolute Gasteiger partial charge is 0.573 e. The van der Waals surface area contributed by atoms with Crippen molar-refractivity contribution < 1.29 is 22.3 Å². The maximum Gasteiger partial charge on any atom is 0.573 e. The van der Waals surface area contributed by atoms with E-state index in [0.29, 0.717) is 18.2 Å². The van der Waals surface area contributed by atoms with Crippen molar-refractivity contribution in [2.75, 3.05) is 5.75 Å². The Kier molecular flexibility index (Phi) is 4.86. The predicted octanol–water partition coefficient (Wildman–Crippen LogP) is 4.06. The van der Waals surface area contributed by atoms with Crippen LogP contribution in [0.25, 0.3) is 6.08 Å². The fourth-order valence-electron chi connectivity index (χ4n) is 1.12. The summed E-state index contributed by atoms with van der Waals surface area (Å²) in [5.74, 6) is -0.712. The van der Waals surface area contributed by atoms with Crippen molar-refractivity contribution in [3.05, 3.63) is 35.7 Å². The van der Waals surface area contributed by atoms with E-state index in [1.165, 1.54) is 12.1 Å². The van der Waals surface area contributed by atoms with Crippen molar-refractivity contribution in [1.82, 2.24) is 0 Å². The van der Waals surface area contributed by atoms with Crippen LogP contribution < -0.4 is 4.74 Å². The molecule has 17 heavy (non-hydrogen) atoms. The van der Waals surface area contributed by atoms with E-state index in [2.05, 4.69) is 17.4 Å². The van der Waals surface area contributed by atoms with Crippen molar-refractivity contribution in [3.63, 3.8) is 0 Å². The average molecular weight is 266 g/mol. The van der Waals surface area contributed by atoms with E-state index in [0.717, 1.165) is 6.07 Å². The predicted molar refractivity (Wildman–Crippen MR) is 60.6 cm³/mol. The van der Waals surface area contributed by atoms with Crippen LogP contribution >= 0.6 is 12.6 Å². The van der Waals surface area contributed by atoms with Gasteiger partial charge in [0, 0.05) is 11.6 Å². The van der Waals surface area contributed by atoms with E-state index in [1.807, 2.05) is 0 Å². The number of allylic oxidation sites excluding steroid dienone is 1. The SMILES string of the molecule is Fc1cc(OC(F)(F)F)ccc1C=CCCS. The van der Waals surface area contributed by atoms with Gasteiger partial charge in [0.25, 0.3) is 0 Å². The van der Waals surface area contributed by atoms with E-state index >= 15 is 0 Å². The van der Waals surface area contributed by atoms with Crippen LogP contribution in [0, 0.1) is 5.82 Å². The molecule has 0 aliphatic carbocycles. The summed E-state index contributed by atoms with van der Waals surface area (Å²) >= 11 is 3.97. The van der Waals surface area contributed by atoms with Gasteiger partial charge in [0.05, 0.1) is 0 Å². The molecule has 1 rings (SSSR count). The summed E-state index contributed by atoms with van der Waals surface area (Å²) in [5.41, 5.74) is 0.210. The van der Waals surface area contributed by atoms with E-state index < -0.39 is 17.9 Å². The Morgan fingerprint density at radius 1 is 1.29 bits per heavy atom. The highest BCUT2D eigenvalue weighted by atomic mass is 32.1. The first-order valence-electron chi connectivity index (χ1n) is 4.75. The van der Waals surface area contributed by atoms with Crippen LogP contribution in [0.15, 0.2) is 24.3 Å². The summed E-state index contributed by atoms with van der Waals surface area (Å²) in [4.78, 5) is 0. The standard InChI is InChI=1S/C11H10F4OS/c12-10-7-9(16-11(13,14)15)5-4-8(10)3-1-2-6-17/h1,3-5,7,17H,2,6H2. The summed E-state index contributed by atoms with van der Waals surface area (Å²) in [7, 11) is 0. The van der Waals surface area contributed by atoms with Crippen molar-refractivity contribution in [3.8, 4) is 5.75 Å². The molecule has 0 unspecified atom stereocenters. The first-order chi connectivity index (χ1) is 7.92. The molecule has 6 heteroatoms. The molecule has 0 saturated heterocycles. The second-order valence-corrected chi connectivity index (χ2v) is 3.59. The molecule has 0 aliphatic heterocycles. The second-order valence-electron chi connectivity index (χ2n) is 3.15. The molecule has 0 aromatic heterocycles. The van der Waals surface area contributed by atoms with Crippen LogP contribution in [0.4, 0.5) is 17.6 Å². The molecular weight excluding hydrogens is 256 g/mol. The van der Waals surface area contributed by atoms with Crippen molar-refractivity contribution in [1.29, 1.82) is 0 Å². The van der Waals surface area contributed by atoms with Crippen LogP contribution in [0.3, 0.4) is 0 Å². The average Bonchev–Trinajstić information content (AvgIpc) is 2.19. The third-order valence-electron chi connectivity index (χ3n) is 1.80. The van der Waals surface area contributed by atoms with Gasteiger partial charge in [0.1, 0.15) is 11.6 Å². The minimum atomic E-state index is -4.81. The topological polar surface area (TPSA) is 9.23 Å². The molecule has 0 aliphatic rings. The maximum atomic E-state index is 13.3. The highest BCUT2D eigenvalue weighted by molar-refractivity contribution is 7.80. The van der Waals surface area contributed by atoms with Gasteiger partial charge in [0.2, 0.25) is 0 Å². The number of alkyl halides is 3. The molecular formula is C11H10F4OS. The summed E-state index contributed by atoms with van der Waals surface area (Å²) in [5, 5.41) is 0. The maximum absolute atomic E-state index is 13.3. The molecule has 1 nitrogen and oxygen atoms in total. The van der Waals surface area contributed by atoms with Gasteiger partial charge in [-0.2, -0.15) is 12.6 Å². The summed E-state index contributed by atoms with van der Waals surface area (Å²) in [6.07, 6.45) is -0.974. The lowest BCUT2D eigenvalue weighted by molar-refractivity contribution is -0.274. The van der Waals surface area contributed by atoms with E-state index in [9.17, 15) is 17.6 Å². The fourth-order valence-corrected chi connectivity index (χ4v) is 1.27. The van der Waals surface area contributed by atoms with E-state index in [4.69, 9.17) is 0 Å². The lowest BCUT2D eigenvalue weighted by atomic mass is 10.2. The van der Waals surface area contributed by atoms with E-state index in [1.54, 1.807) is 6.08 Å². The van der Waals surface area contributed by atoms with Gasteiger partial charge < -0.3 is 4.74 Å². The lowest BCUT2D eigenvalue weighted by Crippen LogP contribution is -2.17. The smallest absolute Gasteiger partial charge is 0.406 e. The number of hydrogen-bond donors (Lipinski definition) is 1. The molecule has 1 aromatic carbocycles. The summed E-state index contributed by atoms with van der Waals surface area (Å²) in [6.45, 7) is 0. The Bertz CT molecular complexity index is 401. The van der Waals surface area contributed by atoms with Crippen molar-refractivity contribution in [2.24, 2.45) is 0 Å². The van der Waals surface area contributed by atoms with Gasteiger partial charge >= 0.3 is 6.36 Å². The Hall–Kier alpha value is -1.17. The van der Waals surface area contributed by atoms with Crippen LogP contribution in [-0.4, -0.2) is 12.1 Å². The zero-order chi connectivity index (χ0) is 12.9. The second kappa shape index (κ2) is 5.95. The minimum Gasteiger partial charge on any atom is -0.406 e. The van der Waals surface area contributed by atoms with Gasteiger partial charge in [-0.3, -0.25) is 0 Å². The normalized spacial score (nSPS) is 12.1. The zero-order valence-electron chi connectivity index (χ0n) is 8.67. The first kappa shape index (κ1) is 13.9. The molecule has 94 valence electrons. The number of ether oxygens (including phenoxy) is 1. The van der Waals surface area contributed by atoms with Crippen LogP contribution in [-0.2, 0) is 0 Å². The quantitative estimate of drug-likeness (QED) is 0.638. The number of hydrogen-bond acceptors (Lipinski definition) is 2. The van der Waals surface area contributed by atoms with Gasteiger partial charge in [0.15, 0.2) is 0 Å². The van der Waals surface area contributed by atoms with Crippen LogP contribution in [0.5, 0.6) is 5.75 Å². The first-order valence-corrected chi connectivity index (χ1v) is 5.38. The Morgan fingerprint density at radius 2 is 2.00 bits per heavy atom. The Labute approximate surface area is 101 Å². The van der Waals surface area contributed by atoms with Gasteiger partial charge in [-0.25, -0.2) is 4.39 Å². The molecule has 0 amide bonds. The van der Waals surface area contributed by atoms with Crippen molar-refractivity contribution >= 4 is 18.7 Å². The molecule has 0 saturated carbocycles. The molecule has 0 atom stereocenters. The van der Waals surface area contributed by atoms with Crippen molar-refractivity contribution in [2.45, 2.75) is 12.8 Å². The molecule has 0 bridgehead atoms. The Balaban J connectivity index is 2.79. The highest BCUT2D eigenvalue weighted by Gasteiger charge is 2.31. The Morgan fingerprint density at radius 3 is 2.53 bits per heavy atom. The monoisotopic (exact) mass is 266 g/mol. The zero-order valence-corrected chi connectivity index (χ0v) is 9.56. The lowest BCUT2D eigenvalue weighted by Gasteiger charge is -2.09. The van der Waals surface area contributed by atoms with Gasteiger partial charge in [-0.05, 0) is 24.3 Å². The molecule has 0 fully saturated rings. The highest BCUT2D eigenvalue weighted by Crippen LogP contribution is 2.24. The summed E-state index contributed by atoms with van der Waals surface area (Å²) in [6, 6.07) is 3.00. The van der Waals surface area contributed by atoms with Gasteiger partial charge in [-0.15, -0.1) is 13.2 Å². The third kappa shape index (κ3) is 5.12. The van der Waals surface area contributed by atoms with Crippen LogP contribution in [0.2, 0.25) is 0 Å². The molecule has 1 aromatic rings. The number of benzene rings is 1. The molecule has 0 spiro atoms. The molecule has 0 N–H and O–H groups in total. The van der Waals surface area contributed by atoms with E-state index in [-0.39, 0.29) is 5.56 Å². The molecule has 0 radical (unpaired) electrons. The number of thiol groups is 1. The minimum absolute atomic E-state index is 0.210. The number of halogens is 4. The number of rotatable bonds is 4. The summed E-state index contributed by atoms with van der Waals surface area (Å²) < 4.78 is 52.5. The molecule has 0 heterocycles. The third-order valence-corrected chi connectivity index (χ3v) is 2.06.